The maximum absolute atomic E-state index is 12.8. The van der Waals surface area contributed by atoms with Crippen molar-refractivity contribution in [2.75, 3.05) is 13.2 Å². The highest BCUT2D eigenvalue weighted by molar-refractivity contribution is 5.89. The SMILES string of the molecule is CCOC1CC(N)(C(=O)N(CCC#N)C2CC2)C1(C)C. The van der Waals surface area contributed by atoms with Gasteiger partial charge < -0.3 is 15.4 Å². The first-order valence-corrected chi connectivity index (χ1v) is 7.47. The molecule has 0 aromatic rings. The van der Waals surface area contributed by atoms with Gasteiger partial charge in [0, 0.05) is 31.0 Å². The Morgan fingerprint density at radius 3 is 2.60 bits per heavy atom. The smallest absolute Gasteiger partial charge is 0.243 e. The van der Waals surface area contributed by atoms with Gasteiger partial charge in [-0.1, -0.05) is 13.8 Å². The Balaban J connectivity index is 2.09. The van der Waals surface area contributed by atoms with Gasteiger partial charge in [0.05, 0.1) is 18.6 Å². The zero-order valence-corrected chi connectivity index (χ0v) is 12.7. The second kappa shape index (κ2) is 5.34. The maximum atomic E-state index is 12.8. The molecule has 0 heterocycles. The predicted molar refractivity (Wildman–Crippen MR) is 75.7 cm³/mol. The quantitative estimate of drug-likeness (QED) is 0.797. The lowest BCUT2D eigenvalue weighted by Gasteiger charge is -2.58. The van der Waals surface area contributed by atoms with Crippen LogP contribution in [0.5, 0.6) is 0 Å². The van der Waals surface area contributed by atoms with Gasteiger partial charge in [-0.05, 0) is 19.8 Å². The normalized spacial score (nSPS) is 31.2. The summed E-state index contributed by atoms with van der Waals surface area (Å²) in [6, 6.07) is 2.40. The standard InChI is InChI=1S/C15H25N3O2/c1-4-20-12-10-15(17,14(12,2)3)13(19)18(9-5-8-16)11-6-7-11/h11-12H,4-7,9-10,17H2,1-3H3. The molecule has 20 heavy (non-hydrogen) atoms. The summed E-state index contributed by atoms with van der Waals surface area (Å²) in [6.07, 6.45) is 3.04. The van der Waals surface area contributed by atoms with Crippen LogP contribution in [0.2, 0.25) is 0 Å². The molecule has 0 bridgehead atoms. The Morgan fingerprint density at radius 1 is 1.50 bits per heavy atom. The predicted octanol–water partition coefficient (Wildman–Crippen LogP) is 1.42. The van der Waals surface area contributed by atoms with Gasteiger partial charge in [-0.2, -0.15) is 5.26 Å². The summed E-state index contributed by atoms with van der Waals surface area (Å²) in [5, 5.41) is 8.75. The molecular formula is C15H25N3O2. The van der Waals surface area contributed by atoms with E-state index in [1.807, 2.05) is 25.7 Å². The van der Waals surface area contributed by atoms with Crippen LogP contribution in [0.15, 0.2) is 0 Å². The van der Waals surface area contributed by atoms with Crippen molar-refractivity contribution in [1.29, 1.82) is 5.26 Å². The molecule has 2 fully saturated rings. The minimum absolute atomic E-state index is 0.00352. The van der Waals surface area contributed by atoms with Gasteiger partial charge in [0.1, 0.15) is 5.54 Å². The molecule has 2 unspecified atom stereocenters. The summed E-state index contributed by atoms with van der Waals surface area (Å²) in [4.78, 5) is 14.7. The van der Waals surface area contributed by atoms with Crippen LogP contribution < -0.4 is 5.73 Å². The van der Waals surface area contributed by atoms with Crippen molar-refractivity contribution in [1.82, 2.24) is 4.90 Å². The number of carbonyl (C=O) groups is 1. The van der Waals surface area contributed by atoms with Crippen LogP contribution in [-0.2, 0) is 9.53 Å². The first kappa shape index (κ1) is 15.3. The number of nitriles is 1. The van der Waals surface area contributed by atoms with Crippen molar-refractivity contribution in [3.05, 3.63) is 0 Å². The molecule has 2 rings (SSSR count). The van der Waals surface area contributed by atoms with Crippen LogP contribution in [0, 0.1) is 16.7 Å². The number of hydrogen-bond acceptors (Lipinski definition) is 4. The summed E-state index contributed by atoms with van der Waals surface area (Å²) in [6.45, 7) is 7.10. The number of rotatable bonds is 6. The number of nitrogens with zero attached hydrogens (tertiary/aromatic N) is 2. The number of amides is 1. The minimum atomic E-state index is -0.856. The molecule has 0 radical (unpaired) electrons. The zero-order chi connectivity index (χ0) is 15.0. The fourth-order valence-corrected chi connectivity index (χ4v) is 3.06. The van der Waals surface area contributed by atoms with Gasteiger partial charge in [0.25, 0.3) is 0 Å². The zero-order valence-electron chi connectivity index (χ0n) is 12.7. The second-order valence-corrected chi connectivity index (χ2v) is 6.48. The lowest BCUT2D eigenvalue weighted by molar-refractivity contribution is -0.179. The third-order valence-electron chi connectivity index (χ3n) is 4.92. The lowest BCUT2D eigenvalue weighted by Crippen LogP contribution is -2.76. The molecule has 0 saturated heterocycles. The van der Waals surface area contributed by atoms with Gasteiger partial charge >= 0.3 is 0 Å². The van der Waals surface area contributed by atoms with E-state index in [9.17, 15) is 4.79 Å². The van der Waals surface area contributed by atoms with E-state index in [4.69, 9.17) is 15.7 Å². The van der Waals surface area contributed by atoms with Crippen LogP contribution in [0.25, 0.3) is 0 Å². The summed E-state index contributed by atoms with van der Waals surface area (Å²) < 4.78 is 5.67. The van der Waals surface area contributed by atoms with Crippen molar-refractivity contribution in [3.8, 4) is 6.07 Å². The van der Waals surface area contributed by atoms with E-state index >= 15 is 0 Å². The summed E-state index contributed by atoms with van der Waals surface area (Å²) >= 11 is 0. The van der Waals surface area contributed by atoms with Gasteiger partial charge in [-0.25, -0.2) is 0 Å². The average molecular weight is 279 g/mol. The minimum Gasteiger partial charge on any atom is -0.378 e. The van der Waals surface area contributed by atoms with E-state index in [-0.39, 0.29) is 17.4 Å². The topological polar surface area (TPSA) is 79.3 Å². The average Bonchev–Trinajstić information content (AvgIpc) is 3.23. The van der Waals surface area contributed by atoms with Crippen molar-refractivity contribution in [2.24, 2.45) is 11.1 Å². The third-order valence-corrected chi connectivity index (χ3v) is 4.92. The molecule has 2 atom stereocenters. The molecule has 112 valence electrons. The van der Waals surface area contributed by atoms with E-state index in [2.05, 4.69) is 6.07 Å². The molecule has 5 heteroatoms. The monoisotopic (exact) mass is 279 g/mol. The van der Waals surface area contributed by atoms with Gasteiger partial charge in [-0.15, -0.1) is 0 Å². The number of ether oxygens (including phenoxy) is 1. The molecule has 0 spiro atoms. The second-order valence-electron chi connectivity index (χ2n) is 6.48. The highest BCUT2D eigenvalue weighted by atomic mass is 16.5. The molecule has 0 aromatic carbocycles. The lowest BCUT2D eigenvalue weighted by atomic mass is 9.54. The molecule has 2 N–H and O–H groups in total. The van der Waals surface area contributed by atoms with Crippen LogP contribution in [-0.4, -0.2) is 41.6 Å². The van der Waals surface area contributed by atoms with Crippen molar-refractivity contribution < 1.29 is 9.53 Å². The van der Waals surface area contributed by atoms with Crippen LogP contribution in [0.1, 0.15) is 46.5 Å². The molecule has 2 aliphatic carbocycles. The third kappa shape index (κ3) is 2.32. The van der Waals surface area contributed by atoms with Crippen molar-refractivity contribution in [2.45, 2.75) is 64.1 Å². The molecular weight excluding hydrogens is 254 g/mol. The molecule has 2 saturated carbocycles. The van der Waals surface area contributed by atoms with Gasteiger partial charge in [0.15, 0.2) is 0 Å². The summed E-state index contributed by atoms with van der Waals surface area (Å²) in [5.74, 6) is -0.00352. The Morgan fingerprint density at radius 2 is 2.15 bits per heavy atom. The Hall–Kier alpha value is -1.12. The van der Waals surface area contributed by atoms with Crippen molar-refractivity contribution in [3.63, 3.8) is 0 Å². The van der Waals surface area contributed by atoms with E-state index in [1.54, 1.807) is 0 Å². The fourth-order valence-electron chi connectivity index (χ4n) is 3.06. The number of nitrogens with two attached hydrogens (primary N) is 1. The maximum Gasteiger partial charge on any atom is 0.243 e. The molecule has 5 nitrogen and oxygen atoms in total. The van der Waals surface area contributed by atoms with Crippen molar-refractivity contribution >= 4 is 5.91 Å². The first-order valence-electron chi connectivity index (χ1n) is 7.47. The highest BCUT2D eigenvalue weighted by Crippen LogP contribution is 2.51. The summed E-state index contributed by atoms with van der Waals surface area (Å²) in [7, 11) is 0. The van der Waals surface area contributed by atoms with Gasteiger partial charge in [0.2, 0.25) is 5.91 Å². The van der Waals surface area contributed by atoms with E-state index in [1.165, 1.54) is 0 Å². The molecule has 2 aliphatic rings. The van der Waals surface area contributed by atoms with Gasteiger partial charge in [-0.3, -0.25) is 4.79 Å². The fraction of sp³-hybridized carbons (Fsp3) is 0.867. The highest BCUT2D eigenvalue weighted by Gasteiger charge is 2.64. The number of hydrogen-bond donors (Lipinski definition) is 1. The van der Waals surface area contributed by atoms with E-state index < -0.39 is 5.54 Å². The van der Waals surface area contributed by atoms with E-state index in [0.29, 0.717) is 32.0 Å². The Bertz CT molecular complexity index is 425. The molecule has 1 amide bonds. The largest absolute Gasteiger partial charge is 0.378 e. The molecule has 0 aliphatic heterocycles. The van der Waals surface area contributed by atoms with Crippen LogP contribution >= 0.6 is 0 Å². The van der Waals surface area contributed by atoms with Crippen LogP contribution in [0.3, 0.4) is 0 Å². The van der Waals surface area contributed by atoms with E-state index in [0.717, 1.165) is 12.8 Å². The first-order chi connectivity index (χ1) is 9.38. The summed E-state index contributed by atoms with van der Waals surface area (Å²) in [5.41, 5.74) is 5.21. The van der Waals surface area contributed by atoms with Crippen LogP contribution in [0.4, 0.5) is 0 Å². The Kier molecular flexibility index (Phi) is 4.08. The Labute approximate surface area is 121 Å². The number of carbonyl (C=O) groups excluding carboxylic acids is 1. The molecule has 0 aromatic heterocycles.